The van der Waals surface area contributed by atoms with E-state index in [1.54, 1.807) is 12.1 Å². The van der Waals surface area contributed by atoms with Crippen LogP contribution in [-0.4, -0.2) is 18.3 Å². The standard InChI is InChI=1S/C134H88N10/c1-79-16-9-23-93(46-79)101-34-42-120-115(64-101)116-65-102(94-24-10-17-80(2)47-94)35-43-121(116)141(120)127-60-91(77-139)61-128(132(127)109-56-87(73-135)54-88(57-109)74-136)142-122-44-36-103(95-25-11-18-81(3)48-95)66-117(122)118-67-104(37-45-123(118)142)100-30-38-111(86(8)53-100)119-68-108(99-29-15-22-85(7)52-99)72-131-134(119)114-41-33-107(98-28-14-21-84(6)51-98)71-126(114)144(131)130-63-92(78-140)62-129(133(130)110-58-89(75-137)55-90(59-110)76-138)143-124-69-105(96-26-12-19-82(4)49-96)31-39-112(124)113-40-32-106(70-125(113)143)97-27-13-20-83(5)50-97/h9-72H,1-8H3. The van der Waals surface area contributed by atoms with E-state index < -0.39 is 0 Å². The molecule has 0 aliphatic heterocycles. The van der Waals surface area contributed by atoms with E-state index in [2.05, 4.69) is 438 Å². The lowest BCUT2D eigenvalue weighted by atomic mass is 9.90. The summed E-state index contributed by atoms with van der Waals surface area (Å²) in [5, 5.41) is 76.2. The molecule has 0 N–H and O–H groups in total. The number of nitriles is 6. The highest BCUT2D eigenvalue weighted by molar-refractivity contribution is 6.20. The summed E-state index contributed by atoms with van der Waals surface area (Å²) in [6.07, 6.45) is 0. The molecule has 4 aromatic heterocycles. The largest absolute Gasteiger partial charge is 0.308 e. The molecule has 0 fully saturated rings. The fourth-order valence-electron chi connectivity index (χ4n) is 22.3. The molecule has 0 saturated heterocycles. The molecule has 0 aliphatic carbocycles. The third kappa shape index (κ3) is 15.1. The third-order valence-electron chi connectivity index (χ3n) is 28.8. The number of benzene rings is 20. The number of aromatic nitrogens is 4. The Hall–Kier alpha value is -19.5. The van der Waals surface area contributed by atoms with Gasteiger partial charge in [0.05, 0.1) is 137 Å². The summed E-state index contributed by atoms with van der Waals surface area (Å²) in [4.78, 5) is 0. The molecule has 0 saturated carbocycles. The van der Waals surface area contributed by atoms with Crippen molar-refractivity contribution in [2.45, 2.75) is 55.4 Å². The minimum absolute atomic E-state index is 0.307. The number of rotatable bonds is 15. The minimum atomic E-state index is 0.307. The Balaban J connectivity index is 0.752. The lowest BCUT2D eigenvalue weighted by molar-refractivity contribution is 1.13. The van der Waals surface area contributed by atoms with Crippen LogP contribution in [0.3, 0.4) is 0 Å². The quantitative estimate of drug-likeness (QED) is 0.0992. The molecule has 10 heteroatoms. The SMILES string of the molecule is Cc1cccc(-c2ccc3c(c2)c2cc(-c4cccc(C)c4)ccc2n3-c2cc(C#N)cc(-n3c4ccc(-c5cccc(C)c5)cc4c4cc(-c5ccc(-c6cc(-c7cccc(C)c7)cc7c6c6ccc(-c8cccc(C)c8)cc6n7-c6cc(C#N)cc(-n7c8cc(-c9cccc(C)c9)ccc8c8ccc(-c9cccc(C)c9)cc87)c6-c6cc(C#N)cc(C#N)c6)c(C)c5)ccc43)c2-c2cc(C#N)cc(C#N)c2)c1. The molecular formula is C134H88N10. The molecule has 4 heterocycles. The lowest BCUT2D eigenvalue weighted by Gasteiger charge is -2.22. The Labute approximate surface area is 834 Å². The summed E-state index contributed by atoms with van der Waals surface area (Å²) >= 11 is 0. The molecule has 144 heavy (non-hydrogen) atoms. The van der Waals surface area contributed by atoms with E-state index >= 15 is 0 Å². The van der Waals surface area contributed by atoms with Crippen LogP contribution in [0.2, 0.25) is 0 Å². The van der Waals surface area contributed by atoms with Crippen LogP contribution in [0.4, 0.5) is 0 Å². The first kappa shape index (κ1) is 87.3. The maximum Gasteiger partial charge on any atom is 0.0993 e. The second-order valence-corrected chi connectivity index (χ2v) is 38.5. The summed E-state index contributed by atoms with van der Waals surface area (Å²) < 4.78 is 9.22. The van der Waals surface area contributed by atoms with Gasteiger partial charge in [0.25, 0.3) is 0 Å². The van der Waals surface area contributed by atoms with Crippen LogP contribution in [0.15, 0.2) is 388 Å². The zero-order valence-corrected chi connectivity index (χ0v) is 80.4. The van der Waals surface area contributed by atoms with Crippen LogP contribution >= 0.6 is 0 Å². The topological polar surface area (TPSA) is 162 Å². The van der Waals surface area contributed by atoms with Crippen molar-refractivity contribution in [3.63, 3.8) is 0 Å². The average Bonchev–Trinajstić information content (AvgIpc) is 1.54. The average molecular weight is 1840 g/mol. The molecule has 20 aromatic carbocycles. The van der Waals surface area contributed by atoms with Crippen LogP contribution in [0, 0.1) is 123 Å². The Morgan fingerprint density at radius 2 is 0.396 bits per heavy atom. The Morgan fingerprint density at radius 3 is 0.694 bits per heavy atom. The molecule has 0 amide bonds. The molecule has 0 aliphatic rings. The highest BCUT2D eigenvalue weighted by Crippen LogP contribution is 2.52. The highest BCUT2D eigenvalue weighted by Gasteiger charge is 2.31. The van der Waals surface area contributed by atoms with Gasteiger partial charge in [-0.3, -0.25) is 0 Å². The maximum absolute atomic E-state index is 12.1. The second-order valence-electron chi connectivity index (χ2n) is 38.5. The van der Waals surface area contributed by atoms with Crippen molar-refractivity contribution in [3.8, 4) is 182 Å². The Kier molecular flexibility index (Phi) is 21.2. The minimum Gasteiger partial charge on any atom is -0.308 e. The predicted molar refractivity (Wildman–Crippen MR) is 590 cm³/mol. The van der Waals surface area contributed by atoms with Crippen molar-refractivity contribution in [3.05, 3.63) is 466 Å². The molecule has 0 bridgehead atoms. The van der Waals surface area contributed by atoms with Crippen molar-refractivity contribution in [2.75, 3.05) is 0 Å². The summed E-state index contributed by atoms with van der Waals surface area (Å²) in [5.74, 6) is 0. The first-order chi connectivity index (χ1) is 70.3. The van der Waals surface area contributed by atoms with Gasteiger partial charge in [-0.05, 0) is 312 Å². The van der Waals surface area contributed by atoms with E-state index in [0.717, 1.165) is 232 Å². The summed E-state index contributed by atoms with van der Waals surface area (Å²) in [5.41, 5.74) is 41.7. The van der Waals surface area contributed by atoms with E-state index in [9.17, 15) is 31.6 Å². The van der Waals surface area contributed by atoms with Crippen molar-refractivity contribution in [1.29, 1.82) is 31.6 Å². The second kappa shape index (κ2) is 34.9. The molecule has 24 aromatic rings. The summed E-state index contributed by atoms with van der Waals surface area (Å²) in [7, 11) is 0. The summed E-state index contributed by atoms with van der Waals surface area (Å²) in [6, 6.07) is 152. The van der Waals surface area contributed by atoms with E-state index in [1.807, 2.05) is 48.5 Å². The van der Waals surface area contributed by atoms with Crippen LogP contribution in [0.1, 0.15) is 77.9 Å². The fraction of sp³-hybridized carbons (Fsp3) is 0.0597. The molecule has 0 atom stereocenters. The van der Waals surface area contributed by atoms with Gasteiger partial charge >= 0.3 is 0 Å². The number of aryl methyl sites for hydroxylation is 8. The van der Waals surface area contributed by atoms with Crippen molar-refractivity contribution in [2.24, 2.45) is 0 Å². The molecular weight excluding hydrogens is 1750 g/mol. The smallest absolute Gasteiger partial charge is 0.0993 e. The van der Waals surface area contributed by atoms with Gasteiger partial charge in [0.1, 0.15) is 0 Å². The molecule has 0 spiro atoms. The normalized spacial score (nSPS) is 11.4. The highest BCUT2D eigenvalue weighted by atomic mass is 15.0. The van der Waals surface area contributed by atoms with Crippen LogP contribution in [-0.2, 0) is 0 Å². The van der Waals surface area contributed by atoms with Gasteiger partial charge in [-0.25, -0.2) is 0 Å². The fourth-order valence-corrected chi connectivity index (χ4v) is 22.3. The maximum atomic E-state index is 12.1. The van der Waals surface area contributed by atoms with Crippen LogP contribution in [0.5, 0.6) is 0 Å². The van der Waals surface area contributed by atoms with Crippen LogP contribution in [0.25, 0.3) is 232 Å². The van der Waals surface area contributed by atoms with Crippen molar-refractivity contribution < 1.29 is 0 Å². The molecule has 674 valence electrons. The lowest BCUT2D eigenvalue weighted by Crippen LogP contribution is -2.06. The van der Waals surface area contributed by atoms with Gasteiger partial charge in [0.2, 0.25) is 0 Å². The number of hydrogen-bond donors (Lipinski definition) is 0. The Bertz CT molecular complexity index is 9710. The van der Waals surface area contributed by atoms with Crippen LogP contribution < -0.4 is 0 Å². The first-order valence-corrected chi connectivity index (χ1v) is 48.4. The van der Waals surface area contributed by atoms with Crippen molar-refractivity contribution in [1.82, 2.24) is 18.3 Å². The molecule has 0 unspecified atom stereocenters. The zero-order chi connectivity index (χ0) is 98.1. The predicted octanol–water partition coefficient (Wildman–Crippen LogP) is 34.1. The number of fused-ring (bicyclic) bond motifs is 12. The van der Waals surface area contributed by atoms with Crippen molar-refractivity contribution >= 4 is 87.2 Å². The third-order valence-corrected chi connectivity index (χ3v) is 28.8. The van der Waals surface area contributed by atoms with Gasteiger partial charge < -0.3 is 18.3 Å². The van der Waals surface area contributed by atoms with E-state index in [-0.39, 0.29) is 0 Å². The zero-order valence-electron chi connectivity index (χ0n) is 80.4. The van der Waals surface area contributed by atoms with Gasteiger partial charge in [-0.1, -0.05) is 288 Å². The first-order valence-electron chi connectivity index (χ1n) is 48.4. The number of hydrogen-bond acceptors (Lipinski definition) is 6. The molecule has 10 nitrogen and oxygen atoms in total. The molecule has 24 rings (SSSR count). The van der Waals surface area contributed by atoms with E-state index in [4.69, 9.17) is 0 Å². The Morgan fingerprint density at radius 1 is 0.160 bits per heavy atom. The van der Waals surface area contributed by atoms with E-state index in [1.165, 1.54) is 0 Å². The molecule has 0 radical (unpaired) electrons. The van der Waals surface area contributed by atoms with E-state index in [0.29, 0.717) is 78.4 Å². The van der Waals surface area contributed by atoms with Gasteiger partial charge in [0.15, 0.2) is 0 Å². The monoisotopic (exact) mass is 1840 g/mol. The van der Waals surface area contributed by atoms with Gasteiger partial charge in [0, 0.05) is 54.2 Å². The van der Waals surface area contributed by atoms with Gasteiger partial charge in [-0.15, -0.1) is 0 Å². The van der Waals surface area contributed by atoms with Gasteiger partial charge in [-0.2, -0.15) is 31.6 Å². The summed E-state index contributed by atoms with van der Waals surface area (Å²) in [6.45, 7) is 17.0. The number of nitrogens with zero attached hydrogens (tertiary/aromatic N) is 10.